The van der Waals surface area contributed by atoms with Crippen LogP contribution in [0, 0.1) is 5.92 Å². The molecule has 1 aliphatic rings. The Morgan fingerprint density at radius 2 is 2.14 bits per heavy atom. The van der Waals surface area contributed by atoms with Gasteiger partial charge in [-0.05, 0) is 70.0 Å². The predicted octanol–water partition coefficient (Wildman–Crippen LogP) is 2.94. The number of rotatable bonds is 6. The number of ether oxygens (including phenoxy) is 1. The Bertz CT molecular complexity index is 470. The molecule has 122 valence electrons. The van der Waals surface area contributed by atoms with Crippen LogP contribution in [0.1, 0.15) is 43.5 Å². The summed E-state index contributed by atoms with van der Waals surface area (Å²) in [5.41, 5.74) is 0.751. The molecular weight excluding hydrogens is 276 g/mol. The Labute approximate surface area is 133 Å². The first-order chi connectivity index (χ1) is 10.6. The van der Waals surface area contributed by atoms with Gasteiger partial charge in [-0.2, -0.15) is 0 Å². The SMILES string of the molecule is CCC(C)Oc1ccc(C(=O)N2CCCC(CNC)C2)cc1. The van der Waals surface area contributed by atoms with Crippen molar-refractivity contribution in [2.24, 2.45) is 5.92 Å². The quantitative estimate of drug-likeness (QED) is 0.878. The fraction of sp³-hybridized carbons (Fsp3) is 0.611. The van der Waals surface area contributed by atoms with Crippen molar-refractivity contribution in [3.63, 3.8) is 0 Å². The Hall–Kier alpha value is -1.55. The molecule has 4 heteroatoms. The van der Waals surface area contributed by atoms with Crippen LogP contribution in [0.3, 0.4) is 0 Å². The molecule has 0 radical (unpaired) electrons. The molecule has 1 saturated heterocycles. The van der Waals surface area contributed by atoms with Gasteiger partial charge in [-0.15, -0.1) is 0 Å². The number of likely N-dealkylation sites (tertiary alicyclic amines) is 1. The van der Waals surface area contributed by atoms with E-state index in [0.29, 0.717) is 5.92 Å². The highest BCUT2D eigenvalue weighted by atomic mass is 16.5. The number of benzene rings is 1. The number of amides is 1. The first-order valence-corrected chi connectivity index (χ1v) is 8.34. The van der Waals surface area contributed by atoms with E-state index in [1.807, 2.05) is 36.2 Å². The van der Waals surface area contributed by atoms with Crippen LogP contribution < -0.4 is 10.1 Å². The van der Waals surface area contributed by atoms with Gasteiger partial charge in [0, 0.05) is 18.7 Å². The molecule has 22 heavy (non-hydrogen) atoms. The first kappa shape index (κ1) is 16.8. The highest BCUT2D eigenvalue weighted by Crippen LogP contribution is 2.20. The van der Waals surface area contributed by atoms with Crippen molar-refractivity contribution in [3.05, 3.63) is 29.8 Å². The summed E-state index contributed by atoms with van der Waals surface area (Å²) in [5.74, 6) is 1.53. The average molecular weight is 304 g/mol. The summed E-state index contributed by atoms with van der Waals surface area (Å²) < 4.78 is 5.76. The molecule has 0 aliphatic carbocycles. The molecule has 0 spiro atoms. The molecule has 2 unspecified atom stereocenters. The number of carbonyl (C=O) groups excluding carboxylic acids is 1. The van der Waals surface area contributed by atoms with Crippen molar-refractivity contribution in [3.8, 4) is 5.75 Å². The minimum absolute atomic E-state index is 0.135. The lowest BCUT2D eigenvalue weighted by Gasteiger charge is -2.32. The van der Waals surface area contributed by atoms with Gasteiger partial charge in [0.2, 0.25) is 0 Å². The van der Waals surface area contributed by atoms with Gasteiger partial charge in [-0.25, -0.2) is 0 Å². The summed E-state index contributed by atoms with van der Waals surface area (Å²) in [7, 11) is 1.97. The van der Waals surface area contributed by atoms with Crippen LogP contribution in [0.4, 0.5) is 0 Å². The van der Waals surface area contributed by atoms with Gasteiger partial charge in [0.15, 0.2) is 0 Å². The number of hydrogen-bond donors (Lipinski definition) is 1. The van der Waals surface area contributed by atoms with Crippen molar-refractivity contribution in [2.45, 2.75) is 39.2 Å². The average Bonchev–Trinajstić information content (AvgIpc) is 2.55. The second-order valence-electron chi connectivity index (χ2n) is 6.18. The number of nitrogens with one attached hydrogen (secondary N) is 1. The van der Waals surface area contributed by atoms with Crippen LogP contribution in [0.15, 0.2) is 24.3 Å². The molecule has 1 fully saturated rings. The zero-order valence-electron chi connectivity index (χ0n) is 14.0. The van der Waals surface area contributed by atoms with E-state index in [-0.39, 0.29) is 12.0 Å². The van der Waals surface area contributed by atoms with Gasteiger partial charge in [-0.1, -0.05) is 6.92 Å². The van der Waals surface area contributed by atoms with Crippen molar-refractivity contribution >= 4 is 5.91 Å². The van der Waals surface area contributed by atoms with Crippen molar-refractivity contribution in [1.82, 2.24) is 10.2 Å². The maximum atomic E-state index is 12.6. The van der Waals surface area contributed by atoms with Gasteiger partial charge in [0.05, 0.1) is 6.10 Å². The Balaban J connectivity index is 1.97. The fourth-order valence-electron chi connectivity index (χ4n) is 2.88. The van der Waals surface area contributed by atoms with Gasteiger partial charge >= 0.3 is 0 Å². The fourth-order valence-corrected chi connectivity index (χ4v) is 2.88. The molecule has 0 saturated carbocycles. The van der Waals surface area contributed by atoms with E-state index >= 15 is 0 Å². The zero-order chi connectivity index (χ0) is 15.9. The second kappa shape index (κ2) is 8.18. The second-order valence-corrected chi connectivity index (χ2v) is 6.18. The highest BCUT2D eigenvalue weighted by molar-refractivity contribution is 5.94. The summed E-state index contributed by atoms with van der Waals surface area (Å²) >= 11 is 0. The van der Waals surface area contributed by atoms with Crippen LogP contribution in [0.2, 0.25) is 0 Å². The molecule has 1 heterocycles. The van der Waals surface area contributed by atoms with E-state index in [4.69, 9.17) is 4.74 Å². The third-order valence-electron chi connectivity index (χ3n) is 4.31. The summed E-state index contributed by atoms with van der Waals surface area (Å²) in [5, 5.41) is 3.21. The molecule has 2 atom stereocenters. The van der Waals surface area contributed by atoms with Gasteiger partial charge in [0.25, 0.3) is 5.91 Å². The number of hydrogen-bond acceptors (Lipinski definition) is 3. The molecule has 1 N–H and O–H groups in total. The Kier molecular flexibility index (Phi) is 6.25. The van der Waals surface area contributed by atoms with E-state index in [9.17, 15) is 4.79 Å². The Morgan fingerprint density at radius 1 is 1.41 bits per heavy atom. The molecular formula is C18H28N2O2. The third kappa shape index (κ3) is 4.47. The molecule has 0 aromatic heterocycles. The summed E-state index contributed by atoms with van der Waals surface area (Å²) in [6.45, 7) is 6.84. The van der Waals surface area contributed by atoms with Crippen molar-refractivity contribution in [1.29, 1.82) is 0 Å². The summed E-state index contributed by atoms with van der Waals surface area (Å²) in [6, 6.07) is 7.55. The van der Waals surface area contributed by atoms with Crippen molar-refractivity contribution in [2.75, 3.05) is 26.7 Å². The molecule has 1 aromatic rings. The first-order valence-electron chi connectivity index (χ1n) is 8.34. The van der Waals surface area contributed by atoms with Crippen molar-refractivity contribution < 1.29 is 9.53 Å². The van der Waals surface area contributed by atoms with E-state index < -0.39 is 0 Å². The number of carbonyl (C=O) groups is 1. The normalized spacial score (nSPS) is 19.8. The van der Waals surface area contributed by atoms with Crippen LogP contribution in [0.5, 0.6) is 5.75 Å². The third-order valence-corrected chi connectivity index (χ3v) is 4.31. The molecule has 4 nitrogen and oxygen atoms in total. The van der Waals surface area contributed by atoms with Gasteiger partial charge in [0.1, 0.15) is 5.75 Å². The van der Waals surface area contributed by atoms with Crippen LogP contribution in [0.25, 0.3) is 0 Å². The van der Waals surface area contributed by atoms with Crippen LogP contribution in [-0.2, 0) is 0 Å². The zero-order valence-corrected chi connectivity index (χ0v) is 14.0. The monoisotopic (exact) mass is 304 g/mol. The minimum atomic E-state index is 0.135. The Morgan fingerprint density at radius 3 is 2.77 bits per heavy atom. The number of nitrogens with zero attached hydrogens (tertiary/aromatic N) is 1. The van der Waals surface area contributed by atoms with E-state index in [0.717, 1.165) is 43.8 Å². The van der Waals surface area contributed by atoms with Crippen LogP contribution >= 0.6 is 0 Å². The molecule has 0 bridgehead atoms. The maximum absolute atomic E-state index is 12.6. The molecule has 1 amide bonds. The highest BCUT2D eigenvalue weighted by Gasteiger charge is 2.24. The van der Waals surface area contributed by atoms with Crippen LogP contribution in [-0.4, -0.2) is 43.6 Å². The summed E-state index contributed by atoms with van der Waals surface area (Å²) in [6.07, 6.45) is 3.46. The predicted molar refractivity (Wildman–Crippen MR) is 89.4 cm³/mol. The molecule has 2 rings (SSSR count). The topological polar surface area (TPSA) is 41.6 Å². The van der Waals surface area contributed by atoms with Gasteiger partial charge < -0.3 is 15.0 Å². The smallest absolute Gasteiger partial charge is 0.253 e. The standard InChI is InChI=1S/C18H28N2O2/c1-4-14(2)22-17-9-7-16(8-10-17)18(21)20-11-5-6-15(13-20)12-19-3/h7-10,14-15,19H,4-6,11-13H2,1-3H3. The lowest BCUT2D eigenvalue weighted by Crippen LogP contribution is -2.42. The van der Waals surface area contributed by atoms with E-state index in [1.165, 1.54) is 6.42 Å². The van der Waals surface area contributed by atoms with E-state index in [2.05, 4.69) is 19.2 Å². The summed E-state index contributed by atoms with van der Waals surface area (Å²) in [4.78, 5) is 14.6. The lowest BCUT2D eigenvalue weighted by molar-refractivity contribution is 0.0674. The largest absolute Gasteiger partial charge is 0.491 e. The molecule has 1 aliphatic heterocycles. The molecule has 1 aromatic carbocycles. The minimum Gasteiger partial charge on any atom is -0.491 e. The number of piperidine rings is 1. The van der Waals surface area contributed by atoms with Gasteiger partial charge in [-0.3, -0.25) is 4.79 Å². The maximum Gasteiger partial charge on any atom is 0.253 e. The lowest BCUT2D eigenvalue weighted by atomic mass is 9.97. The van der Waals surface area contributed by atoms with E-state index in [1.54, 1.807) is 0 Å².